The summed E-state index contributed by atoms with van der Waals surface area (Å²) in [6.07, 6.45) is 2.77. The first-order chi connectivity index (χ1) is 11.3. The summed E-state index contributed by atoms with van der Waals surface area (Å²) >= 11 is 1.68. The number of aromatic nitrogens is 1. The monoisotopic (exact) mass is 328 g/mol. The number of rotatable bonds is 3. The lowest BCUT2D eigenvalue weighted by molar-refractivity contribution is -0.121. The van der Waals surface area contributed by atoms with Crippen LogP contribution < -0.4 is 9.80 Å². The third-order valence-electron chi connectivity index (χ3n) is 4.69. The van der Waals surface area contributed by atoms with Crippen LogP contribution in [0, 0.1) is 0 Å². The minimum atomic E-state index is 0.0358. The van der Waals surface area contributed by atoms with E-state index in [2.05, 4.69) is 14.8 Å². The van der Waals surface area contributed by atoms with Crippen LogP contribution in [-0.4, -0.2) is 54.6 Å². The minimum absolute atomic E-state index is 0.0358. The molecule has 2 aliphatic heterocycles. The molecular weight excluding hydrogens is 308 g/mol. The maximum absolute atomic E-state index is 12.8. The number of hydrogen-bond donors (Lipinski definition) is 0. The number of carbonyl (C=O) groups is 1. The zero-order valence-corrected chi connectivity index (χ0v) is 13.8. The fourth-order valence-corrected chi connectivity index (χ4v) is 4.16. The van der Waals surface area contributed by atoms with Crippen molar-refractivity contribution in [2.75, 3.05) is 42.5 Å². The van der Waals surface area contributed by atoms with Gasteiger partial charge in [-0.15, -0.1) is 11.3 Å². The molecule has 3 heterocycles. The van der Waals surface area contributed by atoms with Crippen molar-refractivity contribution in [1.82, 2.24) is 9.88 Å². The Kier molecular flexibility index (Phi) is 4.01. The number of para-hydroxylation sites is 1. The molecule has 0 spiro atoms. The molecule has 2 aromatic rings. The van der Waals surface area contributed by atoms with E-state index >= 15 is 0 Å². The fourth-order valence-electron chi connectivity index (χ4n) is 3.46. The van der Waals surface area contributed by atoms with Gasteiger partial charge in [-0.3, -0.25) is 9.69 Å². The lowest BCUT2D eigenvalue weighted by Gasteiger charge is -2.37. The quantitative estimate of drug-likeness (QED) is 0.865. The number of benzene rings is 1. The first-order valence-corrected chi connectivity index (χ1v) is 8.96. The molecule has 4 rings (SSSR count). The molecule has 2 saturated heterocycles. The molecule has 2 fully saturated rings. The van der Waals surface area contributed by atoms with Crippen molar-refractivity contribution >= 4 is 28.1 Å². The highest BCUT2D eigenvalue weighted by Gasteiger charge is 2.37. The van der Waals surface area contributed by atoms with E-state index in [4.69, 9.17) is 0 Å². The zero-order valence-electron chi connectivity index (χ0n) is 13.0. The van der Waals surface area contributed by atoms with Gasteiger partial charge in [0.15, 0.2) is 5.13 Å². The van der Waals surface area contributed by atoms with Crippen molar-refractivity contribution in [3.8, 4) is 0 Å². The third kappa shape index (κ3) is 2.84. The van der Waals surface area contributed by atoms with Gasteiger partial charge in [0.05, 0.1) is 6.04 Å². The average molecular weight is 328 g/mol. The summed E-state index contributed by atoms with van der Waals surface area (Å²) in [7, 11) is 0. The van der Waals surface area contributed by atoms with E-state index in [0.29, 0.717) is 0 Å². The van der Waals surface area contributed by atoms with Gasteiger partial charge in [0.2, 0.25) is 5.91 Å². The van der Waals surface area contributed by atoms with E-state index in [-0.39, 0.29) is 11.9 Å². The second-order valence-corrected chi connectivity index (χ2v) is 6.84. The molecular formula is C17H20N4OS. The van der Waals surface area contributed by atoms with Crippen molar-refractivity contribution in [2.24, 2.45) is 0 Å². The number of anilines is 2. The second kappa shape index (κ2) is 6.29. The van der Waals surface area contributed by atoms with E-state index in [1.807, 2.05) is 46.8 Å². The summed E-state index contributed by atoms with van der Waals surface area (Å²) in [6.45, 7) is 4.57. The molecule has 1 aromatic carbocycles. The highest BCUT2D eigenvalue weighted by molar-refractivity contribution is 7.13. The Balaban J connectivity index is 1.39. The van der Waals surface area contributed by atoms with Gasteiger partial charge in [-0.2, -0.15) is 0 Å². The molecule has 0 aliphatic carbocycles. The van der Waals surface area contributed by atoms with E-state index < -0.39 is 0 Å². The van der Waals surface area contributed by atoms with E-state index in [0.717, 1.165) is 50.0 Å². The van der Waals surface area contributed by atoms with Crippen LogP contribution >= 0.6 is 11.3 Å². The first kappa shape index (κ1) is 14.7. The molecule has 0 N–H and O–H groups in total. The number of amides is 1. The molecule has 120 valence electrons. The van der Waals surface area contributed by atoms with Crippen molar-refractivity contribution in [3.05, 3.63) is 41.9 Å². The molecule has 2 aliphatic rings. The van der Waals surface area contributed by atoms with Crippen LogP contribution in [0.3, 0.4) is 0 Å². The minimum Gasteiger partial charge on any atom is -0.346 e. The average Bonchev–Trinajstić information content (AvgIpc) is 3.26. The second-order valence-electron chi connectivity index (χ2n) is 5.97. The van der Waals surface area contributed by atoms with Crippen LogP contribution in [0.5, 0.6) is 0 Å². The van der Waals surface area contributed by atoms with Crippen LogP contribution in [-0.2, 0) is 4.79 Å². The van der Waals surface area contributed by atoms with Gasteiger partial charge in [0, 0.05) is 50.0 Å². The molecule has 1 aromatic heterocycles. The Labute approximate surface area is 140 Å². The maximum Gasteiger partial charge on any atom is 0.244 e. The number of hydrogen-bond acceptors (Lipinski definition) is 5. The summed E-state index contributed by atoms with van der Waals surface area (Å²) in [5.74, 6) is 0.249. The molecule has 1 atom stereocenters. The van der Waals surface area contributed by atoms with Gasteiger partial charge in [-0.05, 0) is 18.6 Å². The van der Waals surface area contributed by atoms with Crippen LogP contribution in [0.25, 0.3) is 0 Å². The highest BCUT2D eigenvalue weighted by Crippen LogP contribution is 2.26. The number of piperazine rings is 1. The molecule has 1 unspecified atom stereocenters. The zero-order chi connectivity index (χ0) is 15.6. The Morgan fingerprint density at radius 1 is 1.04 bits per heavy atom. The molecule has 6 heteroatoms. The van der Waals surface area contributed by atoms with Crippen LogP contribution in [0.4, 0.5) is 10.8 Å². The summed E-state index contributed by atoms with van der Waals surface area (Å²) in [5.41, 5.74) is 1.02. The van der Waals surface area contributed by atoms with Gasteiger partial charge in [0.1, 0.15) is 0 Å². The lowest BCUT2D eigenvalue weighted by Crippen LogP contribution is -2.52. The topological polar surface area (TPSA) is 39.7 Å². The largest absolute Gasteiger partial charge is 0.346 e. The van der Waals surface area contributed by atoms with Crippen LogP contribution in [0.1, 0.15) is 6.42 Å². The predicted octanol–water partition coefficient (Wildman–Crippen LogP) is 2.07. The van der Waals surface area contributed by atoms with Crippen LogP contribution in [0.2, 0.25) is 0 Å². The van der Waals surface area contributed by atoms with E-state index in [9.17, 15) is 4.79 Å². The Hall–Kier alpha value is -1.92. The Morgan fingerprint density at radius 2 is 1.83 bits per heavy atom. The molecule has 0 saturated carbocycles. The van der Waals surface area contributed by atoms with Gasteiger partial charge < -0.3 is 9.80 Å². The maximum atomic E-state index is 12.8. The third-order valence-corrected chi connectivity index (χ3v) is 5.52. The molecule has 5 nitrogen and oxygen atoms in total. The van der Waals surface area contributed by atoms with Crippen molar-refractivity contribution in [2.45, 2.75) is 12.5 Å². The fraction of sp³-hybridized carbons (Fsp3) is 0.412. The first-order valence-electron chi connectivity index (χ1n) is 8.08. The summed E-state index contributed by atoms with van der Waals surface area (Å²) < 4.78 is 0. The van der Waals surface area contributed by atoms with Crippen molar-refractivity contribution in [1.29, 1.82) is 0 Å². The molecule has 0 bridgehead atoms. The highest BCUT2D eigenvalue weighted by atomic mass is 32.1. The van der Waals surface area contributed by atoms with Crippen LogP contribution in [0.15, 0.2) is 41.9 Å². The molecule has 23 heavy (non-hydrogen) atoms. The summed E-state index contributed by atoms with van der Waals surface area (Å²) in [5, 5.41) is 3.10. The summed E-state index contributed by atoms with van der Waals surface area (Å²) in [4.78, 5) is 23.7. The van der Waals surface area contributed by atoms with Crippen molar-refractivity contribution < 1.29 is 4.79 Å². The van der Waals surface area contributed by atoms with Gasteiger partial charge in [0.25, 0.3) is 0 Å². The van der Waals surface area contributed by atoms with Gasteiger partial charge in [-0.1, -0.05) is 18.2 Å². The van der Waals surface area contributed by atoms with E-state index in [1.54, 1.807) is 11.3 Å². The standard InChI is InChI=1S/C17H20N4OS/c22-16-15(6-8-21(16)14-4-2-1-3-5-14)19-9-11-20(12-10-19)17-18-7-13-23-17/h1-5,7,13,15H,6,8-12H2. The smallest absolute Gasteiger partial charge is 0.244 e. The summed E-state index contributed by atoms with van der Waals surface area (Å²) in [6, 6.07) is 10.0. The SMILES string of the molecule is O=C1C(N2CCN(c3nccs3)CC2)CCN1c1ccccc1. The molecule has 1 amide bonds. The lowest BCUT2D eigenvalue weighted by atomic mass is 10.2. The number of thiazole rings is 1. The predicted molar refractivity (Wildman–Crippen MR) is 93.1 cm³/mol. The number of carbonyl (C=O) groups excluding carboxylic acids is 1. The van der Waals surface area contributed by atoms with Gasteiger partial charge >= 0.3 is 0 Å². The Morgan fingerprint density at radius 3 is 2.52 bits per heavy atom. The number of nitrogens with zero attached hydrogens (tertiary/aromatic N) is 4. The van der Waals surface area contributed by atoms with Crippen molar-refractivity contribution in [3.63, 3.8) is 0 Å². The Bertz CT molecular complexity index is 652. The van der Waals surface area contributed by atoms with E-state index in [1.165, 1.54) is 0 Å². The van der Waals surface area contributed by atoms with Gasteiger partial charge in [-0.25, -0.2) is 4.98 Å². The normalized spacial score (nSPS) is 22.8. The molecule has 0 radical (unpaired) electrons.